The van der Waals surface area contributed by atoms with Gasteiger partial charge in [-0.15, -0.1) is 0 Å². The van der Waals surface area contributed by atoms with Crippen molar-refractivity contribution in [2.75, 3.05) is 49.5 Å². The standard InChI is InChI=1S/C18H32N6/c1-13(2)23-6-8-24(9-7-23)17-21-15(18(3,4)5)10-16(22-17)20-14-11-19-12-14/h10,13-14,19H,6-9,11-12H2,1-5H3,(H,20,21,22). The smallest absolute Gasteiger partial charge is 0.227 e. The second-order valence-electron chi connectivity index (χ2n) is 8.30. The highest BCUT2D eigenvalue weighted by Gasteiger charge is 2.25. The van der Waals surface area contributed by atoms with Crippen LogP contribution in [0, 0.1) is 0 Å². The van der Waals surface area contributed by atoms with Gasteiger partial charge in [0.1, 0.15) is 5.82 Å². The van der Waals surface area contributed by atoms with Crippen molar-refractivity contribution in [2.45, 2.75) is 52.1 Å². The average molecular weight is 332 g/mol. The predicted molar refractivity (Wildman–Crippen MR) is 99.9 cm³/mol. The third-order valence-corrected chi connectivity index (χ3v) is 4.94. The summed E-state index contributed by atoms with van der Waals surface area (Å²) < 4.78 is 0. The molecule has 0 radical (unpaired) electrons. The largest absolute Gasteiger partial charge is 0.365 e. The fourth-order valence-corrected chi connectivity index (χ4v) is 3.07. The van der Waals surface area contributed by atoms with Crippen LogP contribution in [0.1, 0.15) is 40.3 Å². The van der Waals surface area contributed by atoms with Gasteiger partial charge in [-0.2, -0.15) is 4.98 Å². The van der Waals surface area contributed by atoms with Crippen molar-refractivity contribution in [3.63, 3.8) is 0 Å². The Labute approximate surface area is 146 Å². The molecule has 2 fully saturated rings. The van der Waals surface area contributed by atoms with Gasteiger partial charge in [-0.25, -0.2) is 4.98 Å². The molecule has 1 aromatic rings. The van der Waals surface area contributed by atoms with Crippen LogP contribution in [0.15, 0.2) is 6.07 Å². The lowest BCUT2D eigenvalue weighted by molar-refractivity contribution is 0.208. The third-order valence-electron chi connectivity index (χ3n) is 4.94. The van der Waals surface area contributed by atoms with E-state index in [1.165, 1.54) is 0 Å². The molecule has 0 atom stereocenters. The Morgan fingerprint density at radius 2 is 1.79 bits per heavy atom. The van der Waals surface area contributed by atoms with Crippen LogP contribution in [0.25, 0.3) is 0 Å². The summed E-state index contributed by atoms with van der Waals surface area (Å²) in [6.07, 6.45) is 0. The lowest BCUT2D eigenvalue weighted by Gasteiger charge is -2.37. The Morgan fingerprint density at radius 1 is 1.12 bits per heavy atom. The van der Waals surface area contributed by atoms with Gasteiger partial charge in [-0.3, -0.25) is 4.90 Å². The summed E-state index contributed by atoms with van der Waals surface area (Å²) in [7, 11) is 0. The number of aromatic nitrogens is 2. The molecule has 134 valence electrons. The van der Waals surface area contributed by atoms with E-state index in [4.69, 9.17) is 9.97 Å². The van der Waals surface area contributed by atoms with Crippen LogP contribution in [0.3, 0.4) is 0 Å². The summed E-state index contributed by atoms with van der Waals surface area (Å²) in [5.74, 6) is 1.84. The zero-order valence-electron chi connectivity index (χ0n) is 15.8. The van der Waals surface area contributed by atoms with Crippen molar-refractivity contribution in [3.8, 4) is 0 Å². The quantitative estimate of drug-likeness (QED) is 0.875. The van der Waals surface area contributed by atoms with Crippen molar-refractivity contribution in [1.82, 2.24) is 20.2 Å². The highest BCUT2D eigenvalue weighted by atomic mass is 15.3. The number of piperazine rings is 1. The minimum absolute atomic E-state index is 0.0196. The van der Waals surface area contributed by atoms with Gasteiger partial charge in [0.15, 0.2) is 0 Å². The molecule has 0 aromatic carbocycles. The fourth-order valence-electron chi connectivity index (χ4n) is 3.07. The van der Waals surface area contributed by atoms with Gasteiger partial charge >= 0.3 is 0 Å². The van der Waals surface area contributed by atoms with Crippen molar-refractivity contribution in [1.29, 1.82) is 0 Å². The van der Waals surface area contributed by atoms with E-state index in [2.05, 4.69) is 61.1 Å². The molecule has 0 amide bonds. The van der Waals surface area contributed by atoms with Gasteiger partial charge in [0, 0.05) is 56.8 Å². The van der Waals surface area contributed by atoms with Gasteiger partial charge in [0.05, 0.1) is 11.7 Å². The van der Waals surface area contributed by atoms with Crippen molar-refractivity contribution in [2.24, 2.45) is 0 Å². The Balaban J connectivity index is 1.79. The minimum Gasteiger partial charge on any atom is -0.365 e. The van der Waals surface area contributed by atoms with E-state index in [9.17, 15) is 0 Å². The molecule has 0 saturated carbocycles. The number of anilines is 2. The highest BCUT2D eigenvalue weighted by Crippen LogP contribution is 2.26. The minimum atomic E-state index is 0.0196. The van der Waals surface area contributed by atoms with Gasteiger partial charge < -0.3 is 15.5 Å². The normalized spacial score (nSPS) is 20.3. The van der Waals surface area contributed by atoms with Crippen LogP contribution in [-0.2, 0) is 5.41 Å². The van der Waals surface area contributed by atoms with Crippen LogP contribution in [0.4, 0.5) is 11.8 Å². The van der Waals surface area contributed by atoms with E-state index < -0.39 is 0 Å². The molecule has 0 spiro atoms. The maximum Gasteiger partial charge on any atom is 0.227 e. The third kappa shape index (κ3) is 3.98. The zero-order chi connectivity index (χ0) is 17.3. The number of hydrogen-bond donors (Lipinski definition) is 2. The first-order valence-corrected chi connectivity index (χ1v) is 9.19. The fraction of sp³-hybridized carbons (Fsp3) is 0.778. The molecular formula is C18H32N6. The molecule has 3 heterocycles. The zero-order valence-corrected chi connectivity index (χ0v) is 15.8. The predicted octanol–water partition coefficient (Wildman–Crippen LogP) is 1.69. The summed E-state index contributed by atoms with van der Waals surface area (Å²) in [5, 5.41) is 6.84. The van der Waals surface area contributed by atoms with Gasteiger partial charge in [0.2, 0.25) is 5.95 Å². The van der Waals surface area contributed by atoms with E-state index in [0.29, 0.717) is 12.1 Å². The van der Waals surface area contributed by atoms with Crippen molar-refractivity contribution >= 4 is 11.8 Å². The average Bonchev–Trinajstić information content (AvgIpc) is 2.50. The maximum absolute atomic E-state index is 4.89. The van der Waals surface area contributed by atoms with E-state index in [-0.39, 0.29) is 5.41 Å². The Kier molecular flexibility index (Phi) is 4.97. The second-order valence-corrected chi connectivity index (χ2v) is 8.30. The molecule has 0 unspecified atom stereocenters. The van der Waals surface area contributed by atoms with Crippen LogP contribution in [0.5, 0.6) is 0 Å². The molecule has 6 nitrogen and oxygen atoms in total. The highest BCUT2D eigenvalue weighted by molar-refractivity contribution is 5.46. The van der Waals surface area contributed by atoms with E-state index in [0.717, 1.165) is 56.7 Å². The topological polar surface area (TPSA) is 56.3 Å². The maximum atomic E-state index is 4.89. The molecule has 2 N–H and O–H groups in total. The molecule has 0 bridgehead atoms. The summed E-state index contributed by atoms with van der Waals surface area (Å²) in [4.78, 5) is 14.6. The first kappa shape index (κ1) is 17.4. The van der Waals surface area contributed by atoms with Crippen molar-refractivity contribution in [3.05, 3.63) is 11.8 Å². The van der Waals surface area contributed by atoms with Gasteiger partial charge in [-0.1, -0.05) is 20.8 Å². The second kappa shape index (κ2) is 6.84. The first-order valence-electron chi connectivity index (χ1n) is 9.19. The lowest BCUT2D eigenvalue weighted by Crippen LogP contribution is -2.52. The molecule has 0 aliphatic carbocycles. The SMILES string of the molecule is CC(C)N1CCN(c2nc(NC3CNC3)cc(C(C)(C)C)n2)CC1. The molecule has 24 heavy (non-hydrogen) atoms. The molecule has 3 rings (SSSR count). The van der Waals surface area contributed by atoms with Gasteiger partial charge in [-0.05, 0) is 13.8 Å². The van der Waals surface area contributed by atoms with E-state index >= 15 is 0 Å². The van der Waals surface area contributed by atoms with Crippen LogP contribution in [0.2, 0.25) is 0 Å². The van der Waals surface area contributed by atoms with Gasteiger partial charge in [0.25, 0.3) is 0 Å². The van der Waals surface area contributed by atoms with Crippen LogP contribution in [-0.4, -0.2) is 66.2 Å². The summed E-state index contributed by atoms with van der Waals surface area (Å²) in [6, 6.07) is 3.21. The van der Waals surface area contributed by atoms with E-state index in [1.807, 2.05) is 0 Å². The lowest BCUT2D eigenvalue weighted by atomic mass is 9.92. The Hall–Kier alpha value is -1.40. The summed E-state index contributed by atoms with van der Waals surface area (Å²) in [5.41, 5.74) is 1.12. The van der Waals surface area contributed by atoms with Crippen LogP contribution >= 0.6 is 0 Å². The van der Waals surface area contributed by atoms with E-state index in [1.54, 1.807) is 0 Å². The summed E-state index contributed by atoms with van der Waals surface area (Å²) in [6.45, 7) is 17.3. The monoisotopic (exact) mass is 332 g/mol. The first-order chi connectivity index (χ1) is 11.3. The molecule has 1 aromatic heterocycles. The molecule has 2 aliphatic rings. The summed E-state index contributed by atoms with van der Waals surface area (Å²) >= 11 is 0. The van der Waals surface area contributed by atoms with Crippen molar-refractivity contribution < 1.29 is 0 Å². The molecule has 6 heteroatoms. The molecule has 2 saturated heterocycles. The molecular weight excluding hydrogens is 300 g/mol. The Bertz CT molecular complexity index is 553. The number of nitrogens with zero attached hydrogens (tertiary/aromatic N) is 4. The Morgan fingerprint density at radius 3 is 2.29 bits per heavy atom. The molecule has 2 aliphatic heterocycles. The number of hydrogen-bond acceptors (Lipinski definition) is 6. The number of rotatable bonds is 4. The number of nitrogens with one attached hydrogen (secondary N) is 2. The van der Waals surface area contributed by atoms with Crippen LogP contribution < -0.4 is 15.5 Å².